The van der Waals surface area contributed by atoms with E-state index in [1.54, 1.807) is 17.5 Å². The first-order valence-electron chi connectivity index (χ1n) is 5.29. The highest BCUT2D eigenvalue weighted by Crippen LogP contribution is 2.33. The Bertz CT molecular complexity index is 752. The van der Waals surface area contributed by atoms with Crippen molar-refractivity contribution in [2.75, 3.05) is 0 Å². The van der Waals surface area contributed by atoms with Crippen molar-refractivity contribution in [3.8, 4) is 0 Å². The van der Waals surface area contributed by atoms with Crippen LogP contribution in [0.25, 0.3) is 0 Å². The topological polar surface area (TPSA) is 71.4 Å². The number of sulfone groups is 1. The van der Waals surface area contributed by atoms with Gasteiger partial charge in [0.15, 0.2) is 9.84 Å². The molecule has 0 amide bonds. The lowest BCUT2D eigenvalue weighted by Gasteiger charge is -2.09. The van der Waals surface area contributed by atoms with E-state index in [2.05, 4.69) is 0 Å². The van der Waals surface area contributed by atoms with Crippen LogP contribution in [0.3, 0.4) is 0 Å². The Morgan fingerprint density at radius 2 is 1.95 bits per heavy atom. The maximum Gasteiger partial charge on any atom is 0.338 e. The molecule has 0 atom stereocenters. The molecule has 4 nitrogen and oxygen atoms in total. The molecule has 0 aliphatic carbocycles. The van der Waals surface area contributed by atoms with Crippen LogP contribution in [0.4, 0.5) is 0 Å². The molecule has 0 aliphatic rings. The summed E-state index contributed by atoms with van der Waals surface area (Å²) in [6.07, 6.45) is 0. The number of thiophene rings is 1. The molecule has 2 aromatic rings. The second-order valence-corrected chi connectivity index (χ2v) is 7.65. The molecule has 0 unspecified atom stereocenters. The number of rotatable bonds is 4. The fraction of sp³-hybridized carbons (Fsp3) is 0.0833. The van der Waals surface area contributed by atoms with E-state index in [-0.39, 0.29) is 20.7 Å². The van der Waals surface area contributed by atoms with Gasteiger partial charge in [-0.3, -0.25) is 0 Å². The zero-order chi connectivity index (χ0) is 14.9. The Morgan fingerprint density at radius 3 is 2.50 bits per heavy atom. The second-order valence-electron chi connectivity index (χ2n) is 3.88. The number of halogens is 2. The highest BCUT2D eigenvalue weighted by molar-refractivity contribution is 7.91. The maximum absolute atomic E-state index is 12.3. The first kappa shape index (κ1) is 15.3. The van der Waals surface area contributed by atoms with E-state index in [0.717, 1.165) is 0 Å². The number of hydrogen-bond acceptors (Lipinski definition) is 4. The third kappa shape index (κ3) is 2.98. The first-order valence-corrected chi connectivity index (χ1v) is 8.58. The minimum Gasteiger partial charge on any atom is -0.478 e. The van der Waals surface area contributed by atoms with Gasteiger partial charge in [-0.05, 0) is 23.6 Å². The van der Waals surface area contributed by atoms with Gasteiger partial charge in [0.1, 0.15) is 0 Å². The molecule has 8 heteroatoms. The fourth-order valence-electron chi connectivity index (χ4n) is 1.63. The van der Waals surface area contributed by atoms with Gasteiger partial charge >= 0.3 is 5.97 Å². The third-order valence-corrected chi connectivity index (χ3v) is 6.10. The smallest absolute Gasteiger partial charge is 0.338 e. The van der Waals surface area contributed by atoms with E-state index < -0.39 is 21.4 Å². The summed E-state index contributed by atoms with van der Waals surface area (Å²) in [6, 6.07) is 5.87. The van der Waals surface area contributed by atoms with Gasteiger partial charge in [-0.1, -0.05) is 29.3 Å². The molecular formula is C12H8Cl2O4S2. The van der Waals surface area contributed by atoms with Crippen molar-refractivity contribution < 1.29 is 18.3 Å². The van der Waals surface area contributed by atoms with Crippen molar-refractivity contribution in [1.82, 2.24) is 0 Å². The summed E-state index contributed by atoms with van der Waals surface area (Å²) in [5, 5.41) is 10.3. The zero-order valence-corrected chi connectivity index (χ0v) is 13.0. The summed E-state index contributed by atoms with van der Waals surface area (Å²) in [4.78, 5) is 11.5. The lowest BCUT2D eigenvalue weighted by Crippen LogP contribution is -2.08. The largest absolute Gasteiger partial charge is 0.478 e. The molecule has 2 rings (SSSR count). The molecule has 1 aromatic carbocycles. The van der Waals surface area contributed by atoms with Crippen LogP contribution in [0.1, 0.15) is 15.2 Å². The molecule has 0 saturated heterocycles. The van der Waals surface area contributed by atoms with Crippen LogP contribution in [-0.2, 0) is 15.6 Å². The van der Waals surface area contributed by atoms with Crippen LogP contribution in [0.2, 0.25) is 10.0 Å². The maximum atomic E-state index is 12.3. The number of carbonyl (C=O) groups is 1. The Kier molecular flexibility index (Phi) is 4.39. The molecule has 1 heterocycles. The summed E-state index contributed by atoms with van der Waals surface area (Å²) >= 11 is 12.9. The van der Waals surface area contributed by atoms with Gasteiger partial charge in [0.2, 0.25) is 0 Å². The monoisotopic (exact) mass is 350 g/mol. The highest BCUT2D eigenvalue weighted by atomic mass is 35.5. The molecule has 20 heavy (non-hydrogen) atoms. The van der Waals surface area contributed by atoms with E-state index in [1.807, 2.05) is 0 Å². The van der Waals surface area contributed by atoms with Crippen LogP contribution < -0.4 is 0 Å². The lowest BCUT2D eigenvalue weighted by atomic mass is 10.2. The number of benzene rings is 1. The Labute approximate surface area is 129 Å². The summed E-state index contributed by atoms with van der Waals surface area (Å²) in [5.41, 5.74) is -0.402. The molecular weight excluding hydrogens is 343 g/mol. The van der Waals surface area contributed by atoms with Crippen molar-refractivity contribution in [2.24, 2.45) is 0 Å². The van der Waals surface area contributed by atoms with E-state index in [4.69, 9.17) is 28.3 Å². The molecule has 1 aromatic heterocycles. The molecule has 1 N–H and O–H groups in total. The SMILES string of the molecule is O=C(O)c1c(Cl)ccc(S(=O)(=O)Cc2cccs2)c1Cl. The van der Waals surface area contributed by atoms with Crippen molar-refractivity contribution in [2.45, 2.75) is 10.6 Å². The van der Waals surface area contributed by atoms with Gasteiger partial charge in [0.25, 0.3) is 0 Å². The van der Waals surface area contributed by atoms with E-state index >= 15 is 0 Å². The molecule has 0 bridgehead atoms. The average Bonchev–Trinajstić information content (AvgIpc) is 2.79. The van der Waals surface area contributed by atoms with E-state index in [0.29, 0.717) is 4.88 Å². The summed E-state index contributed by atoms with van der Waals surface area (Å²) < 4.78 is 24.6. The number of aromatic carboxylic acids is 1. The summed E-state index contributed by atoms with van der Waals surface area (Å²) in [6.45, 7) is 0. The second kappa shape index (κ2) is 5.73. The van der Waals surface area contributed by atoms with Gasteiger partial charge in [0.05, 0.1) is 26.3 Å². The zero-order valence-electron chi connectivity index (χ0n) is 9.84. The summed E-state index contributed by atoms with van der Waals surface area (Å²) in [5.74, 6) is -1.60. The Hall–Kier alpha value is -1.08. The van der Waals surface area contributed by atoms with Crippen LogP contribution in [0, 0.1) is 0 Å². The van der Waals surface area contributed by atoms with E-state index in [1.165, 1.54) is 23.5 Å². The van der Waals surface area contributed by atoms with Crippen molar-refractivity contribution >= 4 is 50.3 Å². The molecule has 106 valence electrons. The number of carboxylic acid groups (broad SMARTS) is 1. The van der Waals surface area contributed by atoms with Crippen molar-refractivity contribution in [3.63, 3.8) is 0 Å². The minimum atomic E-state index is -3.73. The minimum absolute atomic E-state index is 0.0995. The molecule has 0 spiro atoms. The third-order valence-electron chi connectivity index (χ3n) is 2.52. The Balaban J connectivity index is 2.53. The quantitative estimate of drug-likeness (QED) is 0.911. The van der Waals surface area contributed by atoms with Gasteiger partial charge < -0.3 is 5.11 Å². The predicted molar refractivity (Wildman–Crippen MR) is 78.6 cm³/mol. The van der Waals surface area contributed by atoms with Crippen LogP contribution in [0.5, 0.6) is 0 Å². The average molecular weight is 351 g/mol. The van der Waals surface area contributed by atoms with Gasteiger partial charge in [-0.2, -0.15) is 0 Å². The van der Waals surface area contributed by atoms with Gasteiger partial charge in [-0.25, -0.2) is 13.2 Å². The molecule has 0 aliphatic heterocycles. The van der Waals surface area contributed by atoms with Crippen molar-refractivity contribution in [3.05, 3.63) is 50.1 Å². The fourth-order valence-corrected chi connectivity index (χ4v) is 5.02. The Morgan fingerprint density at radius 1 is 1.25 bits per heavy atom. The standard InChI is InChI=1S/C12H8Cl2O4S2/c13-8-3-4-9(11(14)10(8)12(15)16)20(17,18)6-7-2-1-5-19-7/h1-5H,6H2,(H,15,16). The highest BCUT2D eigenvalue weighted by Gasteiger charge is 2.25. The number of carboxylic acids is 1. The molecule has 0 fully saturated rings. The molecule has 0 radical (unpaired) electrons. The molecule has 0 saturated carbocycles. The van der Waals surface area contributed by atoms with Crippen LogP contribution >= 0.6 is 34.5 Å². The van der Waals surface area contributed by atoms with Crippen LogP contribution in [0.15, 0.2) is 34.5 Å². The van der Waals surface area contributed by atoms with E-state index in [9.17, 15) is 13.2 Å². The predicted octanol–water partition coefficient (Wildman–Crippen LogP) is 3.73. The lowest BCUT2D eigenvalue weighted by molar-refractivity contribution is 0.0697. The number of hydrogen-bond donors (Lipinski definition) is 1. The first-order chi connectivity index (χ1) is 9.33. The summed E-state index contributed by atoms with van der Waals surface area (Å²) in [7, 11) is -3.73. The van der Waals surface area contributed by atoms with Crippen molar-refractivity contribution in [1.29, 1.82) is 0 Å². The normalized spacial score (nSPS) is 11.5. The van der Waals surface area contributed by atoms with Gasteiger partial charge in [0, 0.05) is 4.88 Å². The van der Waals surface area contributed by atoms with Gasteiger partial charge in [-0.15, -0.1) is 11.3 Å². The van der Waals surface area contributed by atoms with Crippen LogP contribution in [-0.4, -0.2) is 19.5 Å².